The van der Waals surface area contributed by atoms with Crippen LogP contribution in [0.15, 0.2) is 88.5 Å². The van der Waals surface area contributed by atoms with Crippen LogP contribution in [-0.2, 0) is 4.79 Å². The highest BCUT2D eigenvalue weighted by molar-refractivity contribution is 6.31. The van der Waals surface area contributed by atoms with Gasteiger partial charge >= 0.3 is 0 Å². The highest BCUT2D eigenvalue weighted by Gasteiger charge is 2.46. The maximum Gasteiger partial charge on any atom is 0.296 e. The van der Waals surface area contributed by atoms with Crippen molar-refractivity contribution >= 4 is 51.2 Å². The van der Waals surface area contributed by atoms with Crippen molar-refractivity contribution in [2.45, 2.75) is 6.04 Å². The molecule has 8 nitrogen and oxygen atoms in total. The van der Waals surface area contributed by atoms with E-state index in [1.54, 1.807) is 42.5 Å². The van der Waals surface area contributed by atoms with E-state index in [0.29, 0.717) is 38.3 Å². The van der Waals surface area contributed by atoms with E-state index in [9.17, 15) is 14.7 Å². The second-order valence-electron chi connectivity index (χ2n) is 8.29. The molecule has 2 aromatic heterocycles. The van der Waals surface area contributed by atoms with Gasteiger partial charge in [0, 0.05) is 16.5 Å². The highest BCUT2D eigenvalue weighted by atomic mass is 35.5. The third-order valence-electron chi connectivity index (χ3n) is 6.16. The van der Waals surface area contributed by atoms with Gasteiger partial charge in [-0.25, -0.2) is 4.98 Å². The first kappa shape index (κ1) is 21.9. The number of Topliss-reactive ketones (excluding diaryl/α,β-unsaturated/α-hetero) is 1. The number of furan rings is 1. The molecule has 0 spiro atoms. The van der Waals surface area contributed by atoms with E-state index in [4.69, 9.17) is 20.8 Å². The third kappa shape index (κ3) is 3.34. The zero-order chi connectivity index (χ0) is 25.0. The Morgan fingerprint density at radius 3 is 2.61 bits per heavy atom. The maximum atomic E-state index is 13.8. The molecule has 0 saturated carbocycles. The molecule has 0 aliphatic carbocycles. The number of ether oxygens (including phenoxy) is 1. The van der Waals surface area contributed by atoms with Crippen molar-refractivity contribution < 1.29 is 23.8 Å². The van der Waals surface area contributed by atoms with E-state index in [-0.39, 0.29) is 17.3 Å². The SMILES string of the molecule is COc1cc(Cl)cc2cc(C(=O)C3=C(O)C(=O)N(c4nc5ccccc5[nH]4)C3c3ccccc3)oc12. The van der Waals surface area contributed by atoms with Crippen molar-refractivity contribution in [2.75, 3.05) is 12.0 Å². The average molecular weight is 500 g/mol. The molecule has 5 aromatic rings. The summed E-state index contributed by atoms with van der Waals surface area (Å²) in [6.45, 7) is 0. The van der Waals surface area contributed by atoms with Crippen LogP contribution in [-0.4, -0.2) is 33.9 Å². The van der Waals surface area contributed by atoms with Gasteiger partial charge in [0.05, 0.1) is 29.8 Å². The number of nitrogens with zero attached hydrogens (tertiary/aromatic N) is 2. The molecule has 2 N–H and O–H groups in total. The van der Waals surface area contributed by atoms with E-state index in [1.807, 2.05) is 24.3 Å². The molecule has 3 aromatic carbocycles. The predicted octanol–water partition coefficient (Wildman–Crippen LogP) is 5.75. The van der Waals surface area contributed by atoms with E-state index < -0.39 is 23.5 Å². The Bertz CT molecular complexity index is 1670. The van der Waals surface area contributed by atoms with Gasteiger partial charge in [0.1, 0.15) is 0 Å². The quantitative estimate of drug-likeness (QED) is 0.298. The number of hydrogen-bond acceptors (Lipinski definition) is 6. The molecule has 1 aliphatic heterocycles. The first-order valence-corrected chi connectivity index (χ1v) is 11.4. The first-order chi connectivity index (χ1) is 17.5. The predicted molar refractivity (Wildman–Crippen MR) is 135 cm³/mol. The monoisotopic (exact) mass is 499 g/mol. The van der Waals surface area contributed by atoms with Gasteiger partial charge in [-0.05, 0) is 29.8 Å². The third-order valence-corrected chi connectivity index (χ3v) is 6.38. The largest absolute Gasteiger partial charge is 0.503 e. The number of fused-ring (bicyclic) bond motifs is 2. The number of carbonyl (C=O) groups is 2. The van der Waals surface area contributed by atoms with Crippen LogP contribution >= 0.6 is 11.6 Å². The second kappa shape index (κ2) is 8.28. The number of carbonyl (C=O) groups excluding carboxylic acids is 2. The lowest BCUT2D eigenvalue weighted by Gasteiger charge is -2.24. The van der Waals surface area contributed by atoms with Gasteiger partial charge in [0.2, 0.25) is 11.7 Å². The van der Waals surface area contributed by atoms with E-state index >= 15 is 0 Å². The Balaban J connectivity index is 1.50. The van der Waals surface area contributed by atoms with Gasteiger partial charge < -0.3 is 19.2 Å². The van der Waals surface area contributed by atoms with Gasteiger partial charge in [-0.2, -0.15) is 0 Å². The minimum Gasteiger partial charge on any atom is -0.503 e. The number of para-hydroxylation sites is 2. The van der Waals surface area contributed by atoms with E-state index in [2.05, 4.69) is 9.97 Å². The number of anilines is 1. The molecule has 0 bridgehead atoms. The molecule has 178 valence electrons. The molecular formula is C27H18ClN3O5. The summed E-state index contributed by atoms with van der Waals surface area (Å²) in [5, 5.41) is 12.0. The molecule has 0 fully saturated rings. The van der Waals surface area contributed by atoms with Crippen LogP contribution < -0.4 is 9.64 Å². The summed E-state index contributed by atoms with van der Waals surface area (Å²) in [6, 6.07) is 20.1. The Morgan fingerprint density at radius 1 is 1.11 bits per heavy atom. The number of ketones is 1. The number of nitrogens with one attached hydrogen (secondary N) is 1. The summed E-state index contributed by atoms with van der Waals surface area (Å²) < 4.78 is 11.2. The summed E-state index contributed by atoms with van der Waals surface area (Å²) in [7, 11) is 1.47. The number of benzene rings is 3. The molecule has 1 aliphatic rings. The summed E-state index contributed by atoms with van der Waals surface area (Å²) in [5.74, 6) is -1.54. The number of methoxy groups -OCH3 is 1. The Labute approximate surface area is 209 Å². The standard InChI is InChI=1S/C27H18ClN3O5/c1-35-20-13-16(28)11-15-12-19(36-25(15)20)23(32)21-22(14-7-3-2-4-8-14)31(26(34)24(21)33)27-29-17-9-5-6-10-18(17)30-27/h2-13,22,33H,1H3,(H,29,30). The van der Waals surface area contributed by atoms with Crippen LogP contribution in [0.5, 0.6) is 5.75 Å². The topological polar surface area (TPSA) is 109 Å². The van der Waals surface area contributed by atoms with Crippen molar-refractivity contribution in [1.82, 2.24) is 9.97 Å². The van der Waals surface area contributed by atoms with Crippen molar-refractivity contribution in [3.8, 4) is 5.75 Å². The summed E-state index contributed by atoms with van der Waals surface area (Å²) in [5.41, 5.74) is 2.20. The molecule has 1 unspecified atom stereocenters. The number of imidazole rings is 1. The molecule has 1 atom stereocenters. The van der Waals surface area contributed by atoms with Crippen molar-refractivity contribution in [2.24, 2.45) is 0 Å². The highest BCUT2D eigenvalue weighted by Crippen LogP contribution is 2.42. The smallest absolute Gasteiger partial charge is 0.296 e. The minimum absolute atomic E-state index is 0.0627. The molecule has 1 amide bonds. The zero-order valence-electron chi connectivity index (χ0n) is 18.9. The summed E-state index contributed by atoms with van der Waals surface area (Å²) in [4.78, 5) is 36.1. The molecule has 0 radical (unpaired) electrons. The fourth-order valence-electron chi connectivity index (χ4n) is 4.54. The normalized spacial score (nSPS) is 15.9. The van der Waals surface area contributed by atoms with Gasteiger partial charge in [-0.15, -0.1) is 0 Å². The minimum atomic E-state index is -0.939. The Hall–Kier alpha value is -4.56. The zero-order valence-corrected chi connectivity index (χ0v) is 19.6. The van der Waals surface area contributed by atoms with Crippen molar-refractivity contribution in [3.63, 3.8) is 0 Å². The van der Waals surface area contributed by atoms with Crippen LogP contribution in [0.1, 0.15) is 22.2 Å². The Morgan fingerprint density at radius 2 is 1.86 bits per heavy atom. The number of H-pyrrole nitrogens is 1. The molecular weight excluding hydrogens is 482 g/mol. The van der Waals surface area contributed by atoms with E-state index in [0.717, 1.165) is 0 Å². The molecule has 36 heavy (non-hydrogen) atoms. The number of rotatable bonds is 5. The summed E-state index contributed by atoms with van der Waals surface area (Å²) >= 11 is 6.17. The van der Waals surface area contributed by atoms with Crippen molar-refractivity contribution in [3.05, 3.63) is 100 Å². The van der Waals surface area contributed by atoms with Crippen LogP contribution in [0.25, 0.3) is 22.0 Å². The van der Waals surface area contributed by atoms with Crippen LogP contribution in [0, 0.1) is 0 Å². The van der Waals surface area contributed by atoms with Gasteiger partial charge in [0.15, 0.2) is 22.9 Å². The first-order valence-electron chi connectivity index (χ1n) is 11.0. The second-order valence-corrected chi connectivity index (χ2v) is 8.73. The van der Waals surface area contributed by atoms with Crippen LogP contribution in [0.3, 0.4) is 0 Å². The van der Waals surface area contributed by atoms with Crippen LogP contribution in [0.2, 0.25) is 5.02 Å². The number of amides is 1. The number of hydrogen-bond donors (Lipinski definition) is 2. The fourth-order valence-corrected chi connectivity index (χ4v) is 4.76. The lowest BCUT2D eigenvalue weighted by Crippen LogP contribution is -2.31. The molecule has 6 rings (SSSR count). The number of aromatic nitrogens is 2. The maximum absolute atomic E-state index is 13.8. The number of aliphatic hydroxyl groups excluding tert-OH is 1. The Kier molecular flexibility index (Phi) is 5.05. The van der Waals surface area contributed by atoms with Crippen molar-refractivity contribution in [1.29, 1.82) is 0 Å². The number of aliphatic hydroxyl groups is 1. The summed E-state index contributed by atoms with van der Waals surface area (Å²) in [6.07, 6.45) is 0. The fraction of sp³-hybridized carbons (Fsp3) is 0.0741. The lowest BCUT2D eigenvalue weighted by atomic mass is 9.95. The number of halogens is 1. The number of aromatic amines is 1. The van der Waals surface area contributed by atoms with Gasteiger partial charge in [-0.1, -0.05) is 54.1 Å². The average Bonchev–Trinajstić information content (AvgIpc) is 3.58. The van der Waals surface area contributed by atoms with Gasteiger partial charge in [-0.3, -0.25) is 14.5 Å². The van der Waals surface area contributed by atoms with E-state index in [1.165, 1.54) is 18.1 Å². The van der Waals surface area contributed by atoms with Gasteiger partial charge in [0.25, 0.3) is 5.91 Å². The van der Waals surface area contributed by atoms with Crippen LogP contribution in [0.4, 0.5) is 5.95 Å². The molecule has 3 heterocycles. The molecule has 0 saturated heterocycles. The molecule has 9 heteroatoms. The lowest BCUT2D eigenvalue weighted by molar-refractivity contribution is -0.117.